The van der Waals surface area contributed by atoms with E-state index in [4.69, 9.17) is 4.74 Å². The molecular formula is C13H21N3O. The molecule has 1 aliphatic heterocycles. The van der Waals surface area contributed by atoms with Gasteiger partial charge in [0.15, 0.2) is 0 Å². The minimum atomic E-state index is 0.813. The zero-order valence-electron chi connectivity index (χ0n) is 10.5. The Labute approximate surface area is 103 Å². The molecule has 0 radical (unpaired) electrons. The highest BCUT2D eigenvalue weighted by molar-refractivity contribution is 5.38. The number of hydrogen-bond acceptors (Lipinski definition) is 4. The molecule has 0 aliphatic carbocycles. The third kappa shape index (κ3) is 3.68. The van der Waals surface area contributed by atoms with Gasteiger partial charge in [-0.15, -0.1) is 0 Å². The second kappa shape index (κ2) is 6.57. The van der Waals surface area contributed by atoms with E-state index in [-0.39, 0.29) is 0 Å². The number of nitrogens with zero attached hydrogens (tertiary/aromatic N) is 3. The molecule has 0 spiro atoms. The van der Waals surface area contributed by atoms with E-state index in [2.05, 4.69) is 20.9 Å². The molecule has 1 saturated heterocycles. The van der Waals surface area contributed by atoms with Crippen molar-refractivity contribution in [3.05, 3.63) is 24.4 Å². The molecule has 4 nitrogen and oxygen atoms in total. The summed E-state index contributed by atoms with van der Waals surface area (Å²) in [7, 11) is 0. The van der Waals surface area contributed by atoms with Gasteiger partial charge in [0.25, 0.3) is 0 Å². The van der Waals surface area contributed by atoms with Crippen molar-refractivity contribution in [2.75, 3.05) is 50.8 Å². The third-order valence-corrected chi connectivity index (χ3v) is 3.10. The van der Waals surface area contributed by atoms with E-state index in [0.29, 0.717) is 0 Å². The Balaban J connectivity index is 1.74. The zero-order valence-corrected chi connectivity index (χ0v) is 10.5. The normalized spacial score (nSPS) is 17.4. The van der Waals surface area contributed by atoms with Crippen LogP contribution in [-0.2, 0) is 4.74 Å². The lowest BCUT2D eigenvalue weighted by molar-refractivity contribution is 0.111. The highest BCUT2D eigenvalue weighted by Crippen LogP contribution is 2.11. The summed E-state index contributed by atoms with van der Waals surface area (Å²) in [4.78, 5) is 9.18. The highest BCUT2D eigenvalue weighted by Gasteiger charge is 2.17. The molecule has 0 aromatic carbocycles. The Morgan fingerprint density at radius 2 is 2.06 bits per heavy atom. The lowest BCUT2D eigenvalue weighted by atomic mass is 10.3. The predicted octanol–water partition coefficient (Wildman–Crippen LogP) is 1.24. The molecule has 0 N–H and O–H groups in total. The third-order valence-electron chi connectivity index (χ3n) is 3.10. The number of ether oxygens (including phenoxy) is 1. The summed E-state index contributed by atoms with van der Waals surface area (Å²) in [5.41, 5.74) is 0. The van der Waals surface area contributed by atoms with Crippen molar-refractivity contribution in [3.63, 3.8) is 0 Å². The largest absolute Gasteiger partial charge is 0.380 e. The standard InChI is InChI=1S/C13H21N3O/c1-2-17-12-11-15-7-9-16(10-8-15)13-5-3-4-6-14-13/h3-6H,2,7-12H2,1H3. The molecule has 4 heteroatoms. The van der Waals surface area contributed by atoms with Gasteiger partial charge < -0.3 is 9.64 Å². The minimum absolute atomic E-state index is 0.813. The smallest absolute Gasteiger partial charge is 0.128 e. The Morgan fingerprint density at radius 1 is 1.24 bits per heavy atom. The van der Waals surface area contributed by atoms with E-state index in [1.54, 1.807) is 0 Å². The molecule has 0 amide bonds. The summed E-state index contributed by atoms with van der Waals surface area (Å²) in [6, 6.07) is 6.08. The maximum absolute atomic E-state index is 5.38. The second-order valence-electron chi connectivity index (χ2n) is 4.21. The average molecular weight is 235 g/mol. The van der Waals surface area contributed by atoms with Crippen molar-refractivity contribution in [2.45, 2.75) is 6.92 Å². The monoisotopic (exact) mass is 235 g/mol. The van der Waals surface area contributed by atoms with Crippen molar-refractivity contribution < 1.29 is 4.74 Å². The van der Waals surface area contributed by atoms with Crippen LogP contribution < -0.4 is 4.90 Å². The quantitative estimate of drug-likeness (QED) is 0.718. The van der Waals surface area contributed by atoms with Crippen LogP contribution in [0, 0.1) is 0 Å². The topological polar surface area (TPSA) is 28.6 Å². The molecule has 2 rings (SSSR count). The summed E-state index contributed by atoms with van der Waals surface area (Å²) in [6.45, 7) is 9.07. The maximum atomic E-state index is 5.38. The molecule has 1 aromatic rings. The Morgan fingerprint density at radius 3 is 2.71 bits per heavy atom. The molecule has 1 aromatic heterocycles. The molecule has 0 unspecified atom stereocenters. The first-order valence-corrected chi connectivity index (χ1v) is 6.36. The van der Waals surface area contributed by atoms with E-state index >= 15 is 0 Å². The molecule has 1 fully saturated rings. The van der Waals surface area contributed by atoms with Gasteiger partial charge in [0.05, 0.1) is 6.61 Å². The lowest BCUT2D eigenvalue weighted by Crippen LogP contribution is -2.47. The van der Waals surface area contributed by atoms with Crippen molar-refractivity contribution in [2.24, 2.45) is 0 Å². The Kier molecular flexibility index (Phi) is 4.76. The van der Waals surface area contributed by atoms with Crippen LogP contribution in [0.1, 0.15) is 6.92 Å². The number of hydrogen-bond donors (Lipinski definition) is 0. The van der Waals surface area contributed by atoms with E-state index in [9.17, 15) is 0 Å². The first kappa shape index (κ1) is 12.3. The van der Waals surface area contributed by atoms with E-state index in [1.165, 1.54) is 0 Å². The van der Waals surface area contributed by atoms with Gasteiger partial charge in [-0.05, 0) is 19.1 Å². The molecular weight excluding hydrogens is 214 g/mol. The number of pyridine rings is 1. The van der Waals surface area contributed by atoms with Crippen LogP contribution in [-0.4, -0.2) is 55.8 Å². The second-order valence-corrected chi connectivity index (χ2v) is 4.21. The van der Waals surface area contributed by atoms with Gasteiger partial charge in [-0.3, -0.25) is 4.90 Å². The minimum Gasteiger partial charge on any atom is -0.380 e. The maximum Gasteiger partial charge on any atom is 0.128 e. The van der Waals surface area contributed by atoms with Gasteiger partial charge >= 0.3 is 0 Å². The lowest BCUT2D eigenvalue weighted by Gasteiger charge is -2.35. The van der Waals surface area contributed by atoms with Gasteiger partial charge in [-0.25, -0.2) is 4.98 Å². The zero-order chi connectivity index (χ0) is 11.9. The molecule has 0 saturated carbocycles. The van der Waals surface area contributed by atoms with Crippen molar-refractivity contribution in [1.29, 1.82) is 0 Å². The van der Waals surface area contributed by atoms with Crippen LogP contribution in [0.5, 0.6) is 0 Å². The molecule has 94 valence electrons. The number of piperazine rings is 1. The fraction of sp³-hybridized carbons (Fsp3) is 0.615. The predicted molar refractivity (Wildman–Crippen MR) is 69.4 cm³/mol. The van der Waals surface area contributed by atoms with Crippen LogP contribution in [0.25, 0.3) is 0 Å². The van der Waals surface area contributed by atoms with Gasteiger partial charge in [0, 0.05) is 45.5 Å². The number of aromatic nitrogens is 1. The fourth-order valence-electron chi connectivity index (χ4n) is 2.08. The van der Waals surface area contributed by atoms with Crippen LogP contribution >= 0.6 is 0 Å². The first-order chi connectivity index (χ1) is 8.40. The van der Waals surface area contributed by atoms with Crippen LogP contribution in [0.2, 0.25) is 0 Å². The summed E-state index contributed by atoms with van der Waals surface area (Å²) in [6.07, 6.45) is 1.86. The van der Waals surface area contributed by atoms with Crippen molar-refractivity contribution in [3.8, 4) is 0 Å². The average Bonchev–Trinajstić information content (AvgIpc) is 2.41. The Bertz CT molecular complexity index is 310. The van der Waals surface area contributed by atoms with Crippen molar-refractivity contribution in [1.82, 2.24) is 9.88 Å². The highest BCUT2D eigenvalue weighted by atomic mass is 16.5. The number of anilines is 1. The van der Waals surface area contributed by atoms with E-state index < -0.39 is 0 Å². The van der Waals surface area contributed by atoms with E-state index in [1.807, 2.05) is 25.3 Å². The fourth-order valence-corrected chi connectivity index (χ4v) is 2.08. The molecule has 2 heterocycles. The van der Waals surface area contributed by atoms with Crippen molar-refractivity contribution >= 4 is 5.82 Å². The summed E-state index contributed by atoms with van der Waals surface area (Å²) in [5.74, 6) is 1.09. The summed E-state index contributed by atoms with van der Waals surface area (Å²) >= 11 is 0. The van der Waals surface area contributed by atoms with E-state index in [0.717, 1.165) is 51.8 Å². The SMILES string of the molecule is CCOCCN1CCN(c2ccccn2)CC1. The molecule has 1 aliphatic rings. The van der Waals surface area contributed by atoms with Crippen LogP contribution in [0.15, 0.2) is 24.4 Å². The van der Waals surface area contributed by atoms with Crippen LogP contribution in [0.3, 0.4) is 0 Å². The summed E-state index contributed by atoms with van der Waals surface area (Å²) in [5, 5.41) is 0. The first-order valence-electron chi connectivity index (χ1n) is 6.36. The summed E-state index contributed by atoms with van der Waals surface area (Å²) < 4.78 is 5.38. The Hall–Kier alpha value is -1.13. The molecule has 0 bridgehead atoms. The van der Waals surface area contributed by atoms with Gasteiger partial charge in [0.1, 0.15) is 5.82 Å². The van der Waals surface area contributed by atoms with Gasteiger partial charge in [-0.2, -0.15) is 0 Å². The van der Waals surface area contributed by atoms with Gasteiger partial charge in [0.2, 0.25) is 0 Å². The molecule has 0 atom stereocenters. The molecule has 17 heavy (non-hydrogen) atoms. The number of rotatable bonds is 5. The van der Waals surface area contributed by atoms with Crippen LogP contribution in [0.4, 0.5) is 5.82 Å². The van der Waals surface area contributed by atoms with Gasteiger partial charge in [-0.1, -0.05) is 6.07 Å².